The van der Waals surface area contributed by atoms with Gasteiger partial charge in [0, 0.05) is 5.41 Å². The number of hydrogen-bond donors (Lipinski definition) is 0. The highest BCUT2D eigenvalue weighted by atomic mass is 14.3. The number of allylic oxidation sites excluding steroid dienone is 5. The molecule has 0 aromatic carbocycles. The second-order valence-electron chi connectivity index (χ2n) is 3.56. The van der Waals surface area contributed by atoms with E-state index in [0.717, 1.165) is 0 Å². The molecule has 0 radical (unpaired) electrons. The molecule has 0 aromatic rings. The molecule has 60 valence electrons. The summed E-state index contributed by atoms with van der Waals surface area (Å²) in [7, 11) is 0. The van der Waals surface area contributed by atoms with Crippen molar-refractivity contribution in [3.63, 3.8) is 0 Å². The quantitative estimate of drug-likeness (QED) is 0.499. The standard InChI is InChI=1S/C11H16/c1-6-11(5)7-8(2)9(3)10(11)4/h6-7H,1H2,2-5H3. The molecular formula is C11H16. The average Bonchev–Trinajstić information content (AvgIpc) is 2.17. The van der Waals surface area contributed by atoms with Crippen LogP contribution in [-0.4, -0.2) is 0 Å². The van der Waals surface area contributed by atoms with Crippen molar-refractivity contribution < 1.29 is 0 Å². The molecule has 0 fully saturated rings. The van der Waals surface area contributed by atoms with E-state index in [9.17, 15) is 0 Å². The molecule has 0 heterocycles. The maximum atomic E-state index is 3.86. The summed E-state index contributed by atoms with van der Waals surface area (Å²) in [4.78, 5) is 0. The van der Waals surface area contributed by atoms with E-state index >= 15 is 0 Å². The minimum absolute atomic E-state index is 0.119. The van der Waals surface area contributed by atoms with Crippen molar-refractivity contribution >= 4 is 0 Å². The molecule has 11 heavy (non-hydrogen) atoms. The maximum absolute atomic E-state index is 3.86. The van der Waals surface area contributed by atoms with Crippen molar-refractivity contribution in [2.45, 2.75) is 27.7 Å². The molecular weight excluding hydrogens is 132 g/mol. The Kier molecular flexibility index (Phi) is 1.79. The van der Waals surface area contributed by atoms with Gasteiger partial charge in [0.1, 0.15) is 0 Å². The Bertz CT molecular complexity index is 253. The summed E-state index contributed by atoms with van der Waals surface area (Å²) in [6.07, 6.45) is 4.30. The first kappa shape index (κ1) is 8.32. The Balaban J connectivity index is 3.19. The Labute approximate surface area is 69.3 Å². The molecule has 0 N–H and O–H groups in total. The lowest BCUT2D eigenvalue weighted by atomic mass is 9.85. The van der Waals surface area contributed by atoms with E-state index in [1.807, 2.05) is 6.08 Å². The molecule has 0 saturated carbocycles. The van der Waals surface area contributed by atoms with Crippen LogP contribution in [0.4, 0.5) is 0 Å². The summed E-state index contributed by atoms with van der Waals surface area (Å²) in [6.45, 7) is 12.6. The largest absolute Gasteiger partial charge is 0.102 e. The summed E-state index contributed by atoms with van der Waals surface area (Å²) >= 11 is 0. The molecule has 0 bridgehead atoms. The van der Waals surface area contributed by atoms with Gasteiger partial charge >= 0.3 is 0 Å². The van der Waals surface area contributed by atoms with Gasteiger partial charge in [-0.2, -0.15) is 0 Å². The van der Waals surface area contributed by atoms with Crippen LogP contribution in [0.15, 0.2) is 35.5 Å². The third kappa shape index (κ3) is 1.07. The van der Waals surface area contributed by atoms with E-state index in [4.69, 9.17) is 0 Å². The lowest BCUT2D eigenvalue weighted by Gasteiger charge is -2.18. The minimum atomic E-state index is 0.119. The van der Waals surface area contributed by atoms with Gasteiger partial charge in [-0.15, -0.1) is 6.58 Å². The second-order valence-corrected chi connectivity index (χ2v) is 3.56. The van der Waals surface area contributed by atoms with Crippen LogP contribution >= 0.6 is 0 Å². The van der Waals surface area contributed by atoms with Crippen molar-refractivity contribution in [2.24, 2.45) is 5.41 Å². The van der Waals surface area contributed by atoms with Crippen molar-refractivity contribution in [1.29, 1.82) is 0 Å². The third-order valence-corrected chi connectivity index (χ3v) is 2.90. The molecule has 0 nitrogen and oxygen atoms in total. The Morgan fingerprint density at radius 1 is 1.36 bits per heavy atom. The van der Waals surface area contributed by atoms with Crippen LogP contribution in [0.25, 0.3) is 0 Å². The van der Waals surface area contributed by atoms with Gasteiger partial charge in [0.2, 0.25) is 0 Å². The highest BCUT2D eigenvalue weighted by molar-refractivity contribution is 5.47. The molecule has 1 atom stereocenters. The molecule has 1 aliphatic rings. The van der Waals surface area contributed by atoms with Crippen LogP contribution in [-0.2, 0) is 0 Å². The van der Waals surface area contributed by atoms with Gasteiger partial charge in [-0.3, -0.25) is 0 Å². The summed E-state index contributed by atoms with van der Waals surface area (Å²) in [5, 5.41) is 0. The van der Waals surface area contributed by atoms with Gasteiger partial charge in [-0.1, -0.05) is 23.3 Å². The first-order chi connectivity index (χ1) is 5.01. The lowest BCUT2D eigenvalue weighted by Crippen LogP contribution is -2.07. The third-order valence-electron chi connectivity index (χ3n) is 2.90. The molecule has 1 aliphatic carbocycles. The van der Waals surface area contributed by atoms with Crippen LogP contribution in [0.5, 0.6) is 0 Å². The van der Waals surface area contributed by atoms with Crippen molar-refractivity contribution in [1.82, 2.24) is 0 Å². The zero-order chi connectivity index (χ0) is 8.65. The topological polar surface area (TPSA) is 0 Å². The van der Waals surface area contributed by atoms with E-state index < -0.39 is 0 Å². The second kappa shape index (κ2) is 2.37. The summed E-state index contributed by atoms with van der Waals surface area (Å²) in [5.74, 6) is 0. The lowest BCUT2D eigenvalue weighted by molar-refractivity contribution is 0.673. The Hall–Kier alpha value is -0.780. The predicted molar refractivity (Wildman–Crippen MR) is 50.4 cm³/mol. The van der Waals surface area contributed by atoms with Gasteiger partial charge < -0.3 is 0 Å². The van der Waals surface area contributed by atoms with Crippen LogP contribution in [0.2, 0.25) is 0 Å². The SMILES string of the molecule is C=CC1(C)C=C(C)C(C)=C1C. The fourth-order valence-electron chi connectivity index (χ4n) is 1.58. The van der Waals surface area contributed by atoms with E-state index in [1.54, 1.807) is 0 Å². The van der Waals surface area contributed by atoms with Crippen molar-refractivity contribution in [3.8, 4) is 0 Å². The first-order valence-electron chi connectivity index (χ1n) is 4.02. The van der Waals surface area contributed by atoms with E-state index in [-0.39, 0.29) is 5.41 Å². The normalized spacial score (nSPS) is 30.7. The molecule has 0 spiro atoms. The van der Waals surface area contributed by atoms with Crippen LogP contribution in [0, 0.1) is 5.41 Å². The molecule has 0 amide bonds. The Morgan fingerprint density at radius 2 is 1.91 bits per heavy atom. The molecule has 0 heteroatoms. The number of hydrogen-bond acceptors (Lipinski definition) is 0. The molecule has 1 unspecified atom stereocenters. The monoisotopic (exact) mass is 148 g/mol. The van der Waals surface area contributed by atoms with Crippen molar-refractivity contribution in [3.05, 3.63) is 35.5 Å². The van der Waals surface area contributed by atoms with Crippen LogP contribution < -0.4 is 0 Å². The zero-order valence-electron chi connectivity index (χ0n) is 7.86. The van der Waals surface area contributed by atoms with E-state index in [1.165, 1.54) is 16.7 Å². The molecule has 0 saturated heterocycles. The summed E-state index contributed by atoms with van der Waals surface area (Å²) in [6, 6.07) is 0. The number of rotatable bonds is 1. The maximum Gasteiger partial charge on any atom is 0.0249 e. The first-order valence-corrected chi connectivity index (χ1v) is 4.02. The highest BCUT2D eigenvalue weighted by Gasteiger charge is 2.26. The van der Waals surface area contributed by atoms with Crippen LogP contribution in [0.3, 0.4) is 0 Å². The van der Waals surface area contributed by atoms with Gasteiger partial charge in [0.15, 0.2) is 0 Å². The van der Waals surface area contributed by atoms with Gasteiger partial charge in [-0.25, -0.2) is 0 Å². The van der Waals surface area contributed by atoms with Gasteiger partial charge in [-0.05, 0) is 33.3 Å². The molecule has 1 rings (SSSR count). The van der Waals surface area contributed by atoms with Gasteiger partial charge in [0.25, 0.3) is 0 Å². The fourth-order valence-corrected chi connectivity index (χ4v) is 1.58. The van der Waals surface area contributed by atoms with E-state index in [2.05, 4.69) is 40.3 Å². The van der Waals surface area contributed by atoms with Crippen LogP contribution in [0.1, 0.15) is 27.7 Å². The predicted octanol–water partition coefficient (Wildman–Crippen LogP) is 3.48. The zero-order valence-corrected chi connectivity index (χ0v) is 7.86. The van der Waals surface area contributed by atoms with E-state index in [0.29, 0.717) is 0 Å². The minimum Gasteiger partial charge on any atom is -0.102 e. The summed E-state index contributed by atoms with van der Waals surface area (Å²) in [5.41, 5.74) is 4.37. The van der Waals surface area contributed by atoms with Crippen molar-refractivity contribution in [2.75, 3.05) is 0 Å². The van der Waals surface area contributed by atoms with Gasteiger partial charge in [0.05, 0.1) is 0 Å². The smallest absolute Gasteiger partial charge is 0.0249 e. The molecule has 0 aliphatic heterocycles. The average molecular weight is 148 g/mol. The summed E-state index contributed by atoms with van der Waals surface area (Å²) < 4.78 is 0. The Morgan fingerprint density at radius 3 is 2.09 bits per heavy atom. The highest BCUT2D eigenvalue weighted by Crippen LogP contribution is 2.40. The molecule has 0 aromatic heterocycles. The fraction of sp³-hybridized carbons (Fsp3) is 0.455.